The number of hydrogen-bond donors (Lipinski definition) is 3. The highest BCUT2D eigenvalue weighted by Crippen LogP contribution is 2.25. The molecule has 0 bridgehead atoms. The number of rotatable bonds is 5. The van der Waals surface area contributed by atoms with Crippen LogP contribution in [0.3, 0.4) is 0 Å². The topological polar surface area (TPSA) is 84.2 Å². The molecule has 2 amide bonds. The minimum atomic E-state index is -0.161. The highest BCUT2D eigenvalue weighted by molar-refractivity contribution is 5.96. The molecule has 2 unspecified atom stereocenters. The van der Waals surface area contributed by atoms with Gasteiger partial charge in [-0.3, -0.25) is 9.59 Å². The van der Waals surface area contributed by atoms with Gasteiger partial charge in [0.15, 0.2) is 0 Å². The van der Waals surface area contributed by atoms with Crippen LogP contribution in [0, 0.1) is 5.92 Å². The predicted octanol–water partition coefficient (Wildman–Crippen LogP) is 2.09. The highest BCUT2D eigenvalue weighted by Gasteiger charge is 2.30. The molecule has 0 heterocycles. The second kappa shape index (κ2) is 8.56. The zero-order valence-corrected chi connectivity index (χ0v) is 13.2. The molecule has 0 aliphatic heterocycles. The van der Waals surface area contributed by atoms with Crippen molar-refractivity contribution in [1.29, 1.82) is 0 Å². The average molecular weight is 324 g/mol. The Hall–Kier alpha value is -1.85. The van der Waals surface area contributed by atoms with Gasteiger partial charge in [0.25, 0.3) is 5.91 Å². The average Bonchev–Trinajstić information content (AvgIpc) is 2.91. The maximum Gasteiger partial charge on any atom is 0.251 e. The quantitative estimate of drug-likeness (QED) is 0.725. The summed E-state index contributed by atoms with van der Waals surface area (Å²) in [6, 6.07) is 6.77. The minimum absolute atomic E-state index is 0. The fourth-order valence-corrected chi connectivity index (χ4v) is 2.52. The molecule has 0 radical (unpaired) electrons. The van der Waals surface area contributed by atoms with Crippen molar-refractivity contribution < 1.29 is 9.59 Å². The molecule has 1 aliphatic rings. The summed E-state index contributed by atoms with van der Waals surface area (Å²) in [5.74, 6) is -0.310. The van der Waals surface area contributed by atoms with Crippen LogP contribution in [0.4, 0.5) is 5.69 Å². The molecule has 1 aromatic rings. The zero-order chi connectivity index (χ0) is 15.2. The molecule has 4 N–H and O–H groups in total. The van der Waals surface area contributed by atoms with Crippen molar-refractivity contribution >= 4 is 29.9 Å². The SMILES string of the molecule is C=CCNC(=O)c1ccc(NC(=O)C2CCCC2N)cc1.Cl. The summed E-state index contributed by atoms with van der Waals surface area (Å²) in [6.07, 6.45) is 4.37. The lowest BCUT2D eigenvalue weighted by Crippen LogP contribution is -2.34. The van der Waals surface area contributed by atoms with Crippen molar-refractivity contribution in [3.05, 3.63) is 42.5 Å². The summed E-state index contributed by atoms with van der Waals surface area (Å²) < 4.78 is 0. The Morgan fingerprint density at radius 3 is 2.50 bits per heavy atom. The van der Waals surface area contributed by atoms with E-state index < -0.39 is 0 Å². The third-order valence-corrected chi connectivity index (χ3v) is 3.73. The Bertz CT molecular complexity index is 531. The van der Waals surface area contributed by atoms with Gasteiger partial charge in [-0.2, -0.15) is 0 Å². The van der Waals surface area contributed by atoms with Gasteiger partial charge in [-0.1, -0.05) is 12.5 Å². The maximum atomic E-state index is 12.1. The normalized spacial score (nSPS) is 19.9. The molecule has 0 aromatic heterocycles. The van der Waals surface area contributed by atoms with Crippen LogP contribution in [-0.4, -0.2) is 24.4 Å². The summed E-state index contributed by atoms with van der Waals surface area (Å²) in [5.41, 5.74) is 7.15. The van der Waals surface area contributed by atoms with E-state index in [1.165, 1.54) is 0 Å². The van der Waals surface area contributed by atoms with Crippen molar-refractivity contribution in [3.8, 4) is 0 Å². The van der Waals surface area contributed by atoms with Crippen molar-refractivity contribution in [2.24, 2.45) is 11.7 Å². The largest absolute Gasteiger partial charge is 0.349 e. The van der Waals surface area contributed by atoms with Gasteiger partial charge in [-0.05, 0) is 37.1 Å². The smallest absolute Gasteiger partial charge is 0.251 e. The molecule has 0 saturated heterocycles. The van der Waals surface area contributed by atoms with Crippen LogP contribution < -0.4 is 16.4 Å². The molecule has 6 heteroatoms. The molecule has 22 heavy (non-hydrogen) atoms. The summed E-state index contributed by atoms with van der Waals surface area (Å²) in [7, 11) is 0. The van der Waals surface area contributed by atoms with Gasteiger partial charge in [0.2, 0.25) is 5.91 Å². The number of amides is 2. The molecule has 2 atom stereocenters. The summed E-state index contributed by atoms with van der Waals surface area (Å²) >= 11 is 0. The number of carbonyl (C=O) groups is 2. The summed E-state index contributed by atoms with van der Waals surface area (Å²) in [4.78, 5) is 23.8. The van der Waals surface area contributed by atoms with Crippen molar-refractivity contribution in [1.82, 2.24) is 5.32 Å². The van der Waals surface area contributed by atoms with E-state index in [1.807, 2.05) is 0 Å². The summed E-state index contributed by atoms with van der Waals surface area (Å²) in [5, 5.41) is 5.56. The second-order valence-electron chi connectivity index (χ2n) is 5.27. The van der Waals surface area contributed by atoms with Crippen LogP contribution in [0.1, 0.15) is 29.6 Å². The molecule has 5 nitrogen and oxygen atoms in total. The second-order valence-corrected chi connectivity index (χ2v) is 5.27. The number of nitrogens with one attached hydrogen (secondary N) is 2. The van der Waals surface area contributed by atoms with E-state index in [-0.39, 0.29) is 36.2 Å². The molecule has 0 spiro atoms. The van der Waals surface area contributed by atoms with Gasteiger partial charge in [0.05, 0.1) is 5.92 Å². The van der Waals surface area contributed by atoms with Crippen LogP contribution in [0.2, 0.25) is 0 Å². The Morgan fingerprint density at radius 1 is 1.27 bits per heavy atom. The predicted molar refractivity (Wildman–Crippen MR) is 90.2 cm³/mol. The number of benzene rings is 1. The first-order valence-electron chi connectivity index (χ1n) is 7.17. The van der Waals surface area contributed by atoms with E-state index in [9.17, 15) is 9.59 Å². The van der Waals surface area contributed by atoms with Crippen LogP contribution in [0.5, 0.6) is 0 Å². The third-order valence-electron chi connectivity index (χ3n) is 3.73. The molecule has 1 aliphatic carbocycles. The van der Waals surface area contributed by atoms with E-state index in [2.05, 4.69) is 17.2 Å². The monoisotopic (exact) mass is 323 g/mol. The van der Waals surface area contributed by atoms with E-state index in [1.54, 1.807) is 30.3 Å². The number of hydrogen-bond acceptors (Lipinski definition) is 3. The standard InChI is InChI=1S/C16H21N3O2.ClH/c1-2-10-18-15(20)11-6-8-12(9-7-11)19-16(21)13-4-3-5-14(13)17;/h2,6-9,13-14H,1,3-5,10,17H2,(H,18,20)(H,19,21);1H. The number of anilines is 1. The van der Waals surface area contributed by atoms with Crippen molar-refractivity contribution in [3.63, 3.8) is 0 Å². The maximum absolute atomic E-state index is 12.1. The van der Waals surface area contributed by atoms with Crippen molar-refractivity contribution in [2.45, 2.75) is 25.3 Å². The first-order chi connectivity index (χ1) is 10.1. The van der Waals surface area contributed by atoms with Gasteiger partial charge in [0.1, 0.15) is 0 Å². The Morgan fingerprint density at radius 2 is 1.95 bits per heavy atom. The molecule has 1 fully saturated rings. The lowest BCUT2D eigenvalue weighted by molar-refractivity contribution is -0.120. The van der Waals surface area contributed by atoms with E-state index in [0.717, 1.165) is 19.3 Å². The highest BCUT2D eigenvalue weighted by atomic mass is 35.5. The fourth-order valence-electron chi connectivity index (χ4n) is 2.52. The Kier molecular flexibility index (Phi) is 7.08. The summed E-state index contributed by atoms with van der Waals surface area (Å²) in [6.45, 7) is 3.97. The molecule has 120 valence electrons. The van der Waals surface area contributed by atoms with E-state index in [4.69, 9.17) is 5.73 Å². The molecule has 1 saturated carbocycles. The van der Waals surface area contributed by atoms with Gasteiger partial charge in [-0.15, -0.1) is 19.0 Å². The minimum Gasteiger partial charge on any atom is -0.349 e. The van der Waals surface area contributed by atoms with Crippen LogP contribution in [-0.2, 0) is 4.79 Å². The van der Waals surface area contributed by atoms with Gasteiger partial charge in [0, 0.05) is 23.8 Å². The fraction of sp³-hybridized carbons (Fsp3) is 0.375. The first kappa shape index (κ1) is 18.2. The van der Waals surface area contributed by atoms with Gasteiger partial charge >= 0.3 is 0 Å². The zero-order valence-electron chi connectivity index (χ0n) is 12.4. The number of halogens is 1. The van der Waals surface area contributed by atoms with Crippen LogP contribution in [0.15, 0.2) is 36.9 Å². The Balaban J connectivity index is 0.00000242. The molecule has 1 aromatic carbocycles. The van der Waals surface area contributed by atoms with Crippen molar-refractivity contribution in [2.75, 3.05) is 11.9 Å². The molecular formula is C16H22ClN3O2. The van der Waals surface area contributed by atoms with Crippen LogP contribution in [0.25, 0.3) is 0 Å². The number of carbonyl (C=O) groups excluding carboxylic acids is 2. The lowest BCUT2D eigenvalue weighted by atomic mass is 10.0. The van der Waals surface area contributed by atoms with Gasteiger partial charge < -0.3 is 16.4 Å². The van der Waals surface area contributed by atoms with Gasteiger partial charge in [-0.25, -0.2) is 0 Å². The van der Waals surface area contributed by atoms with E-state index in [0.29, 0.717) is 17.8 Å². The number of nitrogens with two attached hydrogens (primary N) is 1. The van der Waals surface area contributed by atoms with Crippen LogP contribution >= 0.6 is 12.4 Å². The Labute approximate surface area is 136 Å². The third kappa shape index (κ3) is 4.58. The molecule has 2 rings (SSSR count). The first-order valence-corrected chi connectivity index (χ1v) is 7.17. The molecular weight excluding hydrogens is 302 g/mol. The lowest BCUT2D eigenvalue weighted by Gasteiger charge is -2.15. The van der Waals surface area contributed by atoms with E-state index >= 15 is 0 Å².